The van der Waals surface area contributed by atoms with Crippen LogP contribution in [0.2, 0.25) is 0 Å². The number of hydrogen-bond donors (Lipinski definition) is 0. The van der Waals surface area contributed by atoms with Crippen LogP contribution in [0.1, 0.15) is 17.0 Å². The van der Waals surface area contributed by atoms with E-state index < -0.39 is 0 Å². The SMILES string of the molecule is COc1ccc(CCc2c(C#N)nnn2CC#N)cc1OC. The van der Waals surface area contributed by atoms with Crippen LogP contribution in [0.5, 0.6) is 11.5 Å². The first-order valence-electron chi connectivity index (χ1n) is 6.63. The maximum atomic E-state index is 9.06. The fourth-order valence-electron chi connectivity index (χ4n) is 2.16. The van der Waals surface area contributed by atoms with Crippen LogP contribution >= 0.6 is 0 Å². The van der Waals surface area contributed by atoms with Gasteiger partial charge in [0, 0.05) is 0 Å². The van der Waals surface area contributed by atoms with Gasteiger partial charge in [0.1, 0.15) is 12.6 Å². The van der Waals surface area contributed by atoms with E-state index in [1.54, 1.807) is 14.2 Å². The molecule has 0 fully saturated rings. The second kappa shape index (κ2) is 7.09. The van der Waals surface area contributed by atoms with Crippen LogP contribution in [-0.2, 0) is 19.4 Å². The van der Waals surface area contributed by atoms with Crippen molar-refractivity contribution in [3.63, 3.8) is 0 Å². The summed E-state index contributed by atoms with van der Waals surface area (Å²) in [6.45, 7) is 0.0793. The number of benzene rings is 1. The maximum absolute atomic E-state index is 9.06. The Hall–Kier alpha value is -3.06. The Kier molecular flexibility index (Phi) is 4.94. The summed E-state index contributed by atoms with van der Waals surface area (Å²) in [5.41, 5.74) is 1.96. The quantitative estimate of drug-likeness (QED) is 0.801. The predicted molar refractivity (Wildman–Crippen MR) is 77.3 cm³/mol. The van der Waals surface area contributed by atoms with E-state index in [9.17, 15) is 0 Å². The van der Waals surface area contributed by atoms with Crippen LogP contribution in [0.4, 0.5) is 0 Å². The van der Waals surface area contributed by atoms with E-state index in [2.05, 4.69) is 10.3 Å². The average Bonchev–Trinajstić information content (AvgIpc) is 2.94. The Bertz CT molecular complexity index is 739. The molecule has 0 aliphatic heterocycles. The van der Waals surface area contributed by atoms with Crippen molar-refractivity contribution in [2.75, 3.05) is 14.2 Å². The highest BCUT2D eigenvalue weighted by atomic mass is 16.5. The summed E-state index contributed by atoms with van der Waals surface area (Å²) in [5.74, 6) is 1.32. The van der Waals surface area contributed by atoms with Crippen molar-refractivity contribution in [3.8, 4) is 23.6 Å². The van der Waals surface area contributed by atoms with Gasteiger partial charge < -0.3 is 9.47 Å². The highest BCUT2D eigenvalue weighted by Crippen LogP contribution is 2.28. The van der Waals surface area contributed by atoms with Crippen molar-refractivity contribution in [1.29, 1.82) is 10.5 Å². The van der Waals surface area contributed by atoms with Gasteiger partial charge in [0.15, 0.2) is 17.2 Å². The number of aromatic nitrogens is 3. The van der Waals surface area contributed by atoms with Gasteiger partial charge in [0.2, 0.25) is 0 Å². The summed E-state index contributed by atoms with van der Waals surface area (Å²) in [6, 6.07) is 9.68. The molecule has 7 heteroatoms. The molecular formula is C15H15N5O2. The summed E-state index contributed by atoms with van der Waals surface area (Å²) >= 11 is 0. The third-order valence-electron chi connectivity index (χ3n) is 3.26. The van der Waals surface area contributed by atoms with Gasteiger partial charge in [-0.3, -0.25) is 0 Å². The number of nitrogens with zero attached hydrogens (tertiary/aromatic N) is 5. The molecule has 22 heavy (non-hydrogen) atoms. The zero-order valence-electron chi connectivity index (χ0n) is 12.4. The van der Waals surface area contributed by atoms with Crippen molar-refractivity contribution in [3.05, 3.63) is 35.2 Å². The third-order valence-corrected chi connectivity index (χ3v) is 3.26. The van der Waals surface area contributed by atoms with Crippen LogP contribution in [0, 0.1) is 22.7 Å². The molecule has 1 heterocycles. The van der Waals surface area contributed by atoms with E-state index in [4.69, 9.17) is 20.0 Å². The lowest BCUT2D eigenvalue weighted by Crippen LogP contribution is -2.06. The second-order valence-electron chi connectivity index (χ2n) is 4.50. The standard InChI is InChI=1S/C15H15N5O2/c1-21-14-6-4-11(9-15(14)22-2)3-5-13-12(10-17)18-19-20(13)8-7-16/h4,6,9H,3,5,8H2,1-2H3. The molecule has 2 rings (SSSR count). The Morgan fingerprint density at radius 3 is 2.55 bits per heavy atom. The lowest BCUT2D eigenvalue weighted by molar-refractivity contribution is 0.354. The van der Waals surface area contributed by atoms with Gasteiger partial charge in [-0.15, -0.1) is 5.10 Å². The van der Waals surface area contributed by atoms with E-state index in [0.29, 0.717) is 30.0 Å². The molecular weight excluding hydrogens is 282 g/mol. The fourth-order valence-corrected chi connectivity index (χ4v) is 2.16. The van der Waals surface area contributed by atoms with Crippen LogP contribution in [-0.4, -0.2) is 29.2 Å². The first-order valence-corrected chi connectivity index (χ1v) is 6.63. The van der Waals surface area contributed by atoms with E-state index in [-0.39, 0.29) is 12.2 Å². The van der Waals surface area contributed by atoms with Crippen LogP contribution in [0.25, 0.3) is 0 Å². The van der Waals surface area contributed by atoms with Crippen LogP contribution in [0.15, 0.2) is 18.2 Å². The Labute approximate surface area is 128 Å². The lowest BCUT2D eigenvalue weighted by atomic mass is 10.1. The number of aryl methyl sites for hydroxylation is 1. The van der Waals surface area contributed by atoms with Gasteiger partial charge in [-0.2, -0.15) is 10.5 Å². The molecule has 0 saturated heterocycles. The van der Waals surface area contributed by atoms with Gasteiger partial charge >= 0.3 is 0 Å². The average molecular weight is 297 g/mol. The van der Waals surface area contributed by atoms with Gasteiger partial charge in [-0.25, -0.2) is 4.68 Å². The Morgan fingerprint density at radius 2 is 1.91 bits per heavy atom. The van der Waals surface area contributed by atoms with E-state index in [0.717, 1.165) is 5.56 Å². The Morgan fingerprint density at radius 1 is 1.14 bits per heavy atom. The molecule has 0 amide bonds. The monoisotopic (exact) mass is 297 g/mol. The summed E-state index contributed by atoms with van der Waals surface area (Å²) < 4.78 is 11.9. The molecule has 0 radical (unpaired) electrons. The van der Waals surface area contributed by atoms with Gasteiger partial charge in [0.05, 0.1) is 26.0 Å². The molecule has 0 aliphatic rings. The third kappa shape index (κ3) is 3.15. The predicted octanol–water partition coefficient (Wildman–Crippen LogP) is 1.48. The molecule has 0 unspecified atom stereocenters. The first-order chi connectivity index (χ1) is 10.7. The van der Waals surface area contributed by atoms with Crippen LogP contribution in [0.3, 0.4) is 0 Å². The van der Waals surface area contributed by atoms with Crippen molar-refractivity contribution < 1.29 is 9.47 Å². The normalized spacial score (nSPS) is 9.82. The van der Waals surface area contributed by atoms with Crippen LogP contribution < -0.4 is 9.47 Å². The molecule has 0 spiro atoms. The summed E-state index contributed by atoms with van der Waals surface area (Å²) in [7, 11) is 3.17. The van der Waals surface area contributed by atoms with Crippen molar-refractivity contribution in [1.82, 2.24) is 15.0 Å². The number of hydrogen-bond acceptors (Lipinski definition) is 6. The summed E-state index contributed by atoms with van der Waals surface area (Å²) in [5, 5.41) is 25.5. The minimum Gasteiger partial charge on any atom is -0.493 e. The summed E-state index contributed by atoms with van der Waals surface area (Å²) in [4.78, 5) is 0. The number of ether oxygens (including phenoxy) is 2. The molecule has 0 aliphatic carbocycles. The van der Waals surface area contributed by atoms with Gasteiger partial charge in [-0.05, 0) is 30.5 Å². The number of rotatable bonds is 6. The van der Waals surface area contributed by atoms with Gasteiger partial charge in [-0.1, -0.05) is 11.3 Å². The molecule has 7 nitrogen and oxygen atoms in total. The smallest absolute Gasteiger partial charge is 0.185 e. The largest absolute Gasteiger partial charge is 0.493 e. The topological polar surface area (TPSA) is 96.8 Å². The second-order valence-corrected chi connectivity index (χ2v) is 4.50. The summed E-state index contributed by atoms with van der Waals surface area (Å²) in [6.07, 6.45) is 1.24. The van der Waals surface area contributed by atoms with Crippen molar-refractivity contribution >= 4 is 0 Å². The molecule has 0 atom stereocenters. The molecule has 0 saturated carbocycles. The Balaban J connectivity index is 2.19. The zero-order chi connectivity index (χ0) is 15.9. The molecule has 0 N–H and O–H groups in total. The van der Waals surface area contributed by atoms with E-state index in [1.807, 2.05) is 30.3 Å². The molecule has 1 aromatic heterocycles. The highest BCUT2D eigenvalue weighted by Gasteiger charge is 2.13. The maximum Gasteiger partial charge on any atom is 0.185 e. The lowest BCUT2D eigenvalue weighted by Gasteiger charge is -2.09. The number of nitriles is 2. The molecule has 112 valence electrons. The number of methoxy groups -OCH3 is 2. The van der Waals surface area contributed by atoms with Crippen molar-refractivity contribution in [2.45, 2.75) is 19.4 Å². The fraction of sp³-hybridized carbons (Fsp3) is 0.333. The highest BCUT2D eigenvalue weighted by molar-refractivity contribution is 5.43. The molecule has 1 aromatic carbocycles. The van der Waals surface area contributed by atoms with E-state index in [1.165, 1.54) is 4.68 Å². The zero-order valence-corrected chi connectivity index (χ0v) is 12.4. The minimum absolute atomic E-state index is 0.0793. The van der Waals surface area contributed by atoms with E-state index >= 15 is 0 Å². The first kappa shape index (κ1) is 15.3. The molecule has 0 bridgehead atoms. The van der Waals surface area contributed by atoms with Crippen molar-refractivity contribution in [2.24, 2.45) is 0 Å². The van der Waals surface area contributed by atoms with Gasteiger partial charge in [0.25, 0.3) is 0 Å². The minimum atomic E-state index is 0.0793. The molecule has 2 aromatic rings.